The fraction of sp³-hybridized carbons (Fsp3) is 0.611. The molecule has 0 radical (unpaired) electrons. The predicted molar refractivity (Wildman–Crippen MR) is 88.3 cm³/mol. The summed E-state index contributed by atoms with van der Waals surface area (Å²) in [4.78, 5) is 17.6. The third-order valence-corrected chi connectivity index (χ3v) is 5.27. The van der Waals surface area contributed by atoms with E-state index in [0.29, 0.717) is 19.2 Å². The van der Waals surface area contributed by atoms with Crippen LogP contribution in [0.1, 0.15) is 32.3 Å². The van der Waals surface area contributed by atoms with Crippen LogP contribution in [0.15, 0.2) is 24.3 Å². The molecule has 120 valence electrons. The van der Waals surface area contributed by atoms with Crippen molar-refractivity contribution in [2.24, 2.45) is 0 Å². The molecule has 1 spiro atoms. The van der Waals surface area contributed by atoms with E-state index in [1.165, 1.54) is 5.56 Å². The zero-order valence-electron chi connectivity index (χ0n) is 13.8. The Labute approximate surface area is 133 Å². The summed E-state index contributed by atoms with van der Waals surface area (Å²) >= 11 is 0. The number of nitrogens with zero attached hydrogens (tertiary/aromatic N) is 2. The smallest absolute Gasteiger partial charge is 0.237 e. The highest BCUT2D eigenvalue weighted by Crippen LogP contribution is 2.47. The third-order valence-electron chi connectivity index (χ3n) is 5.27. The Bertz CT molecular complexity index is 548. The molecule has 0 N–H and O–H groups in total. The monoisotopic (exact) mass is 302 g/mol. The van der Waals surface area contributed by atoms with Gasteiger partial charge in [0.05, 0.1) is 12.0 Å². The first-order chi connectivity index (χ1) is 10.6. The van der Waals surface area contributed by atoms with E-state index in [1.54, 1.807) is 7.11 Å². The molecule has 4 nitrogen and oxygen atoms in total. The highest BCUT2D eigenvalue weighted by Gasteiger charge is 2.51. The van der Waals surface area contributed by atoms with E-state index in [-0.39, 0.29) is 11.3 Å². The van der Waals surface area contributed by atoms with E-state index in [9.17, 15) is 4.79 Å². The molecule has 0 atom stereocenters. The molecule has 0 unspecified atom stereocenters. The van der Waals surface area contributed by atoms with E-state index in [2.05, 4.69) is 36.9 Å². The molecule has 3 rings (SSSR count). The molecule has 1 saturated heterocycles. The predicted octanol–water partition coefficient (Wildman–Crippen LogP) is 2.42. The number of benzene rings is 1. The van der Waals surface area contributed by atoms with Gasteiger partial charge in [0.2, 0.25) is 5.91 Å². The van der Waals surface area contributed by atoms with Crippen LogP contribution >= 0.6 is 0 Å². The van der Waals surface area contributed by atoms with Crippen molar-refractivity contribution in [1.29, 1.82) is 0 Å². The van der Waals surface area contributed by atoms with Crippen molar-refractivity contribution < 1.29 is 9.53 Å². The Morgan fingerprint density at radius 2 is 1.91 bits per heavy atom. The van der Waals surface area contributed by atoms with Crippen molar-refractivity contribution in [3.8, 4) is 0 Å². The molecule has 1 fully saturated rings. The van der Waals surface area contributed by atoms with Gasteiger partial charge in [0, 0.05) is 25.4 Å². The standard InChI is InChI=1S/C18H26N2O2/c1-14(2)19-10-8-18(9-11-19)15-6-4-5-7-16(15)20(17(18)21)12-13-22-3/h4-7,14H,8-13H2,1-3H3. The van der Waals surface area contributed by atoms with E-state index in [1.807, 2.05) is 11.0 Å². The summed E-state index contributed by atoms with van der Waals surface area (Å²) in [5, 5.41) is 0. The Kier molecular flexibility index (Phi) is 4.24. The first-order valence-corrected chi connectivity index (χ1v) is 8.24. The highest BCUT2D eigenvalue weighted by molar-refractivity contribution is 6.08. The van der Waals surface area contributed by atoms with Crippen LogP contribution in [-0.4, -0.2) is 50.2 Å². The molecule has 4 heteroatoms. The lowest BCUT2D eigenvalue weighted by Crippen LogP contribution is -2.50. The average molecular weight is 302 g/mol. The minimum Gasteiger partial charge on any atom is -0.383 e. The Morgan fingerprint density at radius 3 is 2.55 bits per heavy atom. The zero-order valence-corrected chi connectivity index (χ0v) is 13.8. The minimum absolute atomic E-state index is 0.272. The van der Waals surface area contributed by atoms with Gasteiger partial charge in [-0.15, -0.1) is 0 Å². The van der Waals surface area contributed by atoms with Gasteiger partial charge in [-0.25, -0.2) is 0 Å². The van der Waals surface area contributed by atoms with Crippen LogP contribution in [0.25, 0.3) is 0 Å². The number of carbonyl (C=O) groups excluding carboxylic acids is 1. The van der Waals surface area contributed by atoms with Gasteiger partial charge in [0.15, 0.2) is 0 Å². The number of piperidine rings is 1. The lowest BCUT2D eigenvalue weighted by molar-refractivity contribution is -0.125. The number of amides is 1. The highest BCUT2D eigenvalue weighted by atomic mass is 16.5. The number of ether oxygens (including phenoxy) is 1. The van der Waals surface area contributed by atoms with Crippen molar-refractivity contribution in [3.63, 3.8) is 0 Å². The number of anilines is 1. The van der Waals surface area contributed by atoms with Crippen LogP contribution in [0.2, 0.25) is 0 Å². The number of carbonyl (C=O) groups is 1. The van der Waals surface area contributed by atoms with E-state index >= 15 is 0 Å². The number of fused-ring (bicyclic) bond motifs is 2. The molecule has 1 amide bonds. The third kappa shape index (κ3) is 2.34. The Morgan fingerprint density at radius 1 is 1.23 bits per heavy atom. The number of rotatable bonds is 4. The topological polar surface area (TPSA) is 32.8 Å². The molecule has 0 saturated carbocycles. The molecule has 0 aliphatic carbocycles. The molecule has 1 aromatic carbocycles. The molecular weight excluding hydrogens is 276 g/mol. The summed E-state index contributed by atoms with van der Waals surface area (Å²) < 4.78 is 5.19. The number of hydrogen-bond donors (Lipinski definition) is 0. The molecule has 22 heavy (non-hydrogen) atoms. The molecule has 2 aliphatic rings. The summed E-state index contributed by atoms with van der Waals surface area (Å²) in [6.07, 6.45) is 1.84. The maximum Gasteiger partial charge on any atom is 0.237 e. The average Bonchev–Trinajstić information content (AvgIpc) is 2.76. The van der Waals surface area contributed by atoms with Gasteiger partial charge >= 0.3 is 0 Å². The molecule has 2 aliphatic heterocycles. The molecule has 1 aromatic rings. The van der Waals surface area contributed by atoms with Crippen molar-refractivity contribution in [2.45, 2.75) is 38.1 Å². The van der Waals surface area contributed by atoms with Crippen molar-refractivity contribution in [1.82, 2.24) is 4.90 Å². The molecule has 0 aromatic heterocycles. The SMILES string of the molecule is COCCN1C(=O)C2(CCN(C(C)C)CC2)c2ccccc21. The first-order valence-electron chi connectivity index (χ1n) is 8.24. The van der Waals surface area contributed by atoms with Gasteiger partial charge in [-0.05, 0) is 51.4 Å². The first kappa shape index (κ1) is 15.5. The second-order valence-corrected chi connectivity index (χ2v) is 6.68. The Hall–Kier alpha value is -1.39. The molecule has 0 bridgehead atoms. The van der Waals surface area contributed by atoms with E-state index < -0.39 is 0 Å². The lowest BCUT2D eigenvalue weighted by Gasteiger charge is -2.40. The number of hydrogen-bond acceptors (Lipinski definition) is 3. The largest absolute Gasteiger partial charge is 0.383 e. The quantitative estimate of drug-likeness (QED) is 0.856. The minimum atomic E-state index is -0.310. The lowest BCUT2D eigenvalue weighted by atomic mass is 9.73. The summed E-state index contributed by atoms with van der Waals surface area (Å²) in [5.41, 5.74) is 2.00. The van der Waals surface area contributed by atoms with Gasteiger partial charge in [-0.1, -0.05) is 18.2 Å². The maximum absolute atomic E-state index is 13.2. The van der Waals surface area contributed by atoms with Crippen molar-refractivity contribution in [3.05, 3.63) is 29.8 Å². The summed E-state index contributed by atoms with van der Waals surface area (Å²) in [6.45, 7) is 7.67. The summed E-state index contributed by atoms with van der Waals surface area (Å²) in [5.74, 6) is 0.272. The van der Waals surface area contributed by atoms with E-state index in [0.717, 1.165) is 31.6 Å². The van der Waals surface area contributed by atoms with Crippen molar-refractivity contribution in [2.75, 3.05) is 38.3 Å². The molecule has 2 heterocycles. The number of para-hydroxylation sites is 1. The fourth-order valence-corrected chi connectivity index (χ4v) is 3.91. The summed E-state index contributed by atoms with van der Waals surface area (Å²) in [6, 6.07) is 8.85. The van der Waals surface area contributed by atoms with Gasteiger partial charge in [-0.2, -0.15) is 0 Å². The van der Waals surface area contributed by atoms with Gasteiger partial charge in [0.1, 0.15) is 0 Å². The summed E-state index contributed by atoms with van der Waals surface area (Å²) in [7, 11) is 1.68. The fourth-order valence-electron chi connectivity index (χ4n) is 3.91. The normalized spacial score (nSPS) is 20.9. The molecular formula is C18H26N2O2. The van der Waals surface area contributed by atoms with Crippen molar-refractivity contribution >= 4 is 11.6 Å². The van der Waals surface area contributed by atoms with Gasteiger partial charge in [-0.3, -0.25) is 4.79 Å². The zero-order chi connectivity index (χ0) is 15.7. The van der Waals surface area contributed by atoms with Gasteiger partial charge < -0.3 is 14.5 Å². The number of likely N-dealkylation sites (tertiary alicyclic amines) is 1. The van der Waals surface area contributed by atoms with Crippen LogP contribution < -0.4 is 4.90 Å². The van der Waals surface area contributed by atoms with Gasteiger partial charge in [0.25, 0.3) is 0 Å². The van der Waals surface area contributed by atoms with Crippen LogP contribution in [0.4, 0.5) is 5.69 Å². The number of methoxy groups -OCH3 is 1. The van der Waals surface area contributed by atoms with Crippen LogP contribution in [0.3, 0.4) is 0 Å². The van der Waals surface area contributed by atoms with Crippen LogP contribution in [-0.2, 0) is 14.9 Å². The van der Waals surface area contributed by atoms with Crippen LogP contribution in [0.5, 0.6) is 0 Å². The maximum atomic E-state index is 13.2. The Balaban J connectivity index is 1.91. The second-order valence-electron chi connectivity index (χ2n) is 6.68. The van der Waals surface area contributed by atoms with E-state index in [4.69, 9.17) is 4.74 Å². The second kappa shape index (κ2) is 6.01. The van der Waals surface area contributed by atoms with Crippen LogP contribution in [0, 0.1) is 0 Å².